The second-order valence-corrected chi connectivity index (χ2v) is 7.54. The Morgan fingerprint density at radius 3 is 2.50 bits per heavy atom. The molecule has 2 aromatic rings. The van der Waals surface area contributed by atoms with Gasteiger partial charge in [0, 0.05) is 17.7 Å². The normalized spacial score (nSPS) is 18.2. The fourth-order valence-electron chi connectivity index (χ4n) is 3.30. The lowest BCUT2D eigenvalue weighted by Crippen LogP contribution is -2.42. The van der Waals surface area contributed by atoms with E-state index in [4.69, 9.17) is 17.0 Å². The molecule has 0 saturated heterocycles. The number of thiocarbonyl (C=S) groups is 1. The smallest absolute Gasteiger partial charge is 0.171 e. The summed E-state index contributed by atoms with van der Waals surface area (Å²) >= 11 is 5.54. The monoisotopic (exact) mass is 340 g/mol. The van der Waals surface area contributed by atoms with Gasteiger partial charge in [-0.2, -0.15) is 0 Å². The minimum atomic E-state index is -0.221. The first-order valence-electron chi connectivity index (χ1n) is 8.26. The highest BCUT2D eigenvalue weighted by Crippen LogP contribution is 2.39. The molecule has 2 aromatic carbocycles. The standard InChI is InChI=1S/C20H24N2OS/c1-13-9-14(2)11-15(10-13)21-19(24)22-17-12-20(3,4)23-18-8-6-5-7-16(17)18/h5-11,17H,12H2,1-4H3,(H2,21,22,24)/t17-/m0/s1. The number of rotatable bonds is 2. The Kier molecular flexibility index (Phi) is 4.50. The Balaban J connectivity index is 1.76. The molecule has 0 radical (unpaired) electrons. The van der Waals surface area contributed by atoms with Crippen LogP contribution in [0.25, 0.3) is 0 Å². The third kappa shape index (κ3) is 3.88. The summed E-state index contributed by atoms with van der Waals surface area (Å²) in [5.41, 5.74) is 4.39. The summed E-state index contributed by atoms with van der Waals surface area (Å²) < 4.78 is 6.08. The van der Waals surface area contributed by atoms with Crippen LogP contribution in [0.5, 0.6) is 5.75 Å². The molecule has 1 heterocycles. The molecule has 0 aliphatic carbocycles. The van der Waals surface area contributed by atoms with E-state index in [1.165, 1.54) is 11.1 Å². The Labute approximate surface area is 149 Å². The molecule has 4 heteroatoms. The van der Waals surface area contributed by atoms with Crippen LogP contribution in [0.3, 0.4) is 0 Å². The maximum absolute atomic E-state index is 6.08. The number of aryl methyl sites for hydroxylation is 2. The number of ether oxygens (including phenoxy) is 1. The first-order valence-corrected chi connectivity index (χ1v) is 8.67. The molecule has 126 valence electrons. The number of para-hydroxylation sites is 1. The van der Waals surface area contributed by atoms with Crippen molar-refractivity contribution in [2.45, 2.75) is 45.8 Å². The van der Waals surface area contributed by atoms with Crippen LogP contribution in [0.1, 0.15) is 43.0 Å². The van der Waals surface area contributed by atoms with E-state index in [0.29, 0.717) is 5.11 Å². The summed E-state index contributed by atoms with van der Waals surface area (Å²) in [6.07, 6.45) is 0.860. The summed E-state index contributed by atoms with van der Waals surface area (Å²) in [6, 6.07) is 14.6. The number of nitrogens with one attached hydrogen (secondary N) is 2. The average molecular weight is 340 g/mol. The van der Waals surface area contributed by atoms with Gasteiger partial charge in [-0.05, 0) is 69.2 Å². The highest BCUT2D eigenvalue weighted by atomic mass is 32.1. The molecule has 1 atom stereocenters. The molecule has 0 aromatic heterocycles. The Morgan fingerprint density at radius 2 is 1.79 bits per heavy atom. The average Bonchev–Trinajstić information content (AvgIpc) is 2.44. The van der Waals surface area contributed by atoms with Gasteiger partial charge in [-0.25, -0.2) is 0 Å². The van der Waals surface area contributed by atoms with Gasteiger partial charge in [0.05, 0.1) is 6.04 Å². The lowest BCUT2D eigenvalue weighted by Gasteiger charge is -2.38. The van der Waals surface area contributed by atoms with Gasteiger partial charge in [0.15, 0.2) is 5.11 Å². The van der Waals surface area contributed by atoms with Gasteiger partial charge in [0.2, 0.25) is 0 Å². The molecule has 2 N–H and O–H groups in total. The van der Waals surface area contributed by atoms with Crippen molar-refractivity contribution in [2.24, 2.45) is 0 Å². The van der Waals surface area contributed by atoms with E-state index in [1.54, 1.807) is 0 Å². The quantitative estimate of drug-likeness (QED) is 0.763. The zero-order chi connectivity index (χ0) is 17.3. The van der Waals surface area contributed by atoms with Crippen molar-refractivity contribution in [1.82, 2.24) is 5.32 Å². The van der Waals surface area contributed by atoms with E-state index >= 15 is 0 Å². The molecular weight excluding hydrogens is 316 g/mol. The van der Waals surface area contributed by atoms with Gasteiger partial charge >= 0.3 is 0 Å². The molecule has 1 aliphatic rings. The first kappa shape index (κ1) is 16.8. The Hall–Kier alpha value is -2.07. The molecule has 0 bridgehead atoms. The van der Waals surface area contributed by atoms with Crippen LogP contribution in [0.2, 0.25) is 0 Å². The molecule has 0 saturated carbocycles. The molecule has 3 nitrogen and oxygen atoms in total. The highest BCUT2D eigenvalue weighted by Gasteiger charge is 2.33. The molecular formula is C20H24N2OS. The molecule has 0 fully saturated rings. The van der Waals surface area contributed by atoms with Crippen LogP contribution in [-0.4, -0.2) is 10.7 Å². The number of hydrogen-bond donors (Lipinski definition) is 2. The Morgan fingerprint density at radius 1 is 1.12 bits per heavy atom. The lowest BCUT2D eigenvalue weighted by molar-refractivity contribution is 0.0697. The van der Waals surface area contributed by atoms with Crippen molar-refractivity contribution in [1.29, 1.82) is 0 Å². The van der Waals surface area contributed by atoms with Crippen molar-refractivity contribution < 1.29 is 4.74 Å². The molecule has 1 aliphatic heterocycles. The van der Waals surface area contributed by atoms with E-state index in [2.05, 4.69) is 62.6 Å². The molecule has 0 unspecified atom stereocenters. The van der Waals surface area contributed by atoms with Gasteiger partial charge in [-0.1, -0.05) is 24.3 Å². The summed E-state index contributed by atoms with van der Waals surface area (Å²) in [7, 11) is 0. The number of anilines is 1. The van der Waals surface area contributed by atoms with Crippen LogP contribution < -0.4 is 15.4 Å². The maximum atomic E-state index is 6.08. The highest BCUT2D eigenvalue weighted by molar-refractivity contribution is 7.80. The summed E-state index contributed by atoms with van der Waals surface area (Å²) in [6.45, 7) is 8.40. The van der Waals surface area contributed by atoms with E-state index < -0.39 is 0 Å². The van der Waals surface area contributed by atoms with Crippen LogP contribution in [0.4, 0.5) is 5.69 Å². The second kappa shape index (κ2) is 6.44. The predicted octanol–water partition coefficient (Wildman–Crippen LogP) is 4.89. The second-order valence-electron chi connectivity index (χ2n) is 7.13. The summed E-state index contributed by atoms with van der Waals surface area (Å²) in [4.78, 5) is 0. The molecule has 24 heavy (non-hydrogen) atoms. The lowest BCUT2D eigenvalue weighted by atomic mass is 9.90. The fourth-order valence-corrected chi connectivity index (χ4v) is 3.56. The van der Waals surface area contributed by atoms with Crippen LogP contribution in [-0.2, 0) is 0 Å². The van der Waals surface area contributed by atoms with Crippen molar-refractivity contribution in [3.05, 3.63) is 59.2 Å². The van der Waals surface area contributed by atoms with Crippen molar-refractivity contribution >= 4 is 23.0 Å². The minimum Gasteiger partial charge on any atom is -0.487 e. The SMILES string of the molecule is Cc1cc(C)cc(NC(=S)N[C@H]2CC(C)(C)Oc3ccccc32)c1. The van der Waals surface area contributed by atoms with E-state index in [0.717, 1.165) is 23.4 Å². The van der Waals surface area contributed by atoms with Gasteiger partial charge in [0.1, 0.15) is 11.4 Å². The van der Waals surface area contributed by atoms with Crippen molar-refractivity contribution in [3.8, 4) is 5.75 Å². The zero-order valence-electron chi connectivity index (χ0n) is 14.6. The van der Waals surface area contributed by atoms with Crippen LogP contribution in [0, 0.1) is 13.8 Å². The van der Waals surface area contributed by atoms with Gasteiger partial charge in [0.25, 0.3) is 0 Å². The van der Waals surface area contributed by atoms with E-state index in [-0.39, 0.29) is 11.6 Å². The first-order chi connectivity index (χ1) is 11.3. The van der Waals surface area contributed by atoms with Crippen LogP contribution >= 0.6 is 12.2 Å². The molecule has 0 amide bonds. The topological polar surface area (TPSA) is 33.3 Å². The number of fused-ring (bicyclic) bond motifs is 1. The Bertz CT molecular complexity index is 750. The largest absolute Gasteiger partial charge is 0.487 e. The van der Waals surface area contributed by atoms with Crippen molar-refractivity contribution in [2.75, 3.05) is 5.32 Å². The minimum absolute atomic E-state index is 0.135. The van der Waals surface area contributed by atoms with Gasteiger partial charge < -0.3 is 15.4 Å². The number of hydrogen-bond acceptors (Lipinski definition) is 2. The molecule has 0 spiro atoms. The maximum Gasteiger partial charge on any atom is 0.171 e. The number of benzene rings is 2. The third-order valence-corrected chi connectivity index (χ3v) is 4.38. The molecule has 3 rings (SSSR count). The van der Waals surface area contributed by atoms with Crippen LogP contribution in [0.15, 0.2) is 42.5 Å². The fraction of sp³-hybridized carbons (Fsp3) is 0.350. The third-order valence-electron chi connectivity index (χ3n) is 4.16. The summed E-state index contributed by atoms with van der Waals surface area (Å²) in [5.74, 6) is 0.931. The van der Waals surface area contributed by atoms with E-state index in [1.807, 2.05) is 18.2 Å². The van der Waals surface area contributed by atoms with Gasteiger partial charge in [-0.15, -0.1) is 0 Å². The zero-order valence-corrected chi connectivity index (χ0v) is 15.5. The van der Waals surface area contributed by atoms with Crippen molar-refractivity contribution in [3.63, 3.8) is 0 Å². The van der Waals surface area contributed by atoms with Gasteiger partial charge in [-0.3, -0.25) is 0 Å². The summed E-state index contributed by atoms with van der Waals surface area (Å²) in [5, 5.41) is 7.40. The predicted molar refractivity (Wildman–Crippen MR) is 104 cm³/mol. The van der Waals surface area contributed by atoms with E-state index in [9.17, 15) is 0 Å².